The summed E-state index contributed by atoms with van der Waals surface area (Å²) >= 11 is 0. The topological polar surface area (TPSA) is 95.9 Å². The van der Waals surface area contributed by atoms with Crippen molar-refractivity contribution in [3.63, 3.8) is 0 Å². The summed E-state index contributed by atoms with van der Waals surface area (Å²) in [5.74, 6) is -0.0783. The van der Waals surface area contributed by atoms with Crippen molar-refractivity contribution in [3.05, 3.63) is 36.5 Å². The number of aliphatic hydroxyl groups is 2. The van der Waals surface area contributed by atoms with Gasteiger partial charge in [0.25, 0.3) is 0 Å². The van der Waals surface area contributed by atoms with E-state index >= 15 is 0 Å². The van der Waals surface area contributed by atoms with Crippen LogP contribution in [0.5, 0.6) is 0 Å². The molecule has 376 valence electrons. The molecule has 0 fully saturated rings. The third-order valence-corrected chi connectivity index (χ3v) is 12.9. The maximum atomic E-state index is 12.4. The number of amides is 1. The fourth-order valence-corrected chi connectivity index (χ4v) is 8.50. The molecule has 2 atom stereocenters. The Labute approximate surface area is 398 Å². The quantitative estimate of drug-likeness (QED) is 0.0321. The molecule has 0 saturated heterocycles. The van der Waals surface area contributed by atoms with Crippen LogP contribution < -0.4 is 5.32 Å². The number of carbonyl (C=O) groups is 2. The first-order valence-electron chi connectivity index (χ1n) is 28.3. The maximum Gasteiger partial charge on any atom is 0.305 e. The van der Waals surface area contributed by atoms with Crippen LogP contribution >= 0.6 is 0 Å². The van der Waals surface area contributed by atoms with Gasteiger partial charge in [0.1, 0.15) is 0 Å². The van der Waals surface area contributed by atoms with Crippen LogP contribution in [0, 0.1) is 0 Å². The van der Waals surface area contributed by atoms with E-state index in [0.717, 1.165) is 51.4 Å². The summed E-state index contributed by atoms with van der Waals surface area (Å²) in [6.45, 7) is 4.87. The second kappa shape index (κ2) is 53.7. The van der Waals surface area contributed by atoms with Crippen molar-refractivity contribution in [1.82, 2.24) is 5.32 Å². The number of aliphatic hydroxyl groups excluding tert-OH is 2. The summed E-state index contributed by atoms with van der Waals surface area (Å²) in [4.78, 5) is 24.4. The summed E-state index contributed by atoms with van der Waals surface area (Å²) in [7, 11) is 0. The molecule has 1 amide bonds. The molecule has 6 nitrogen and oxygen atoms in total. The average Bonchev–Trinajstić information content (AvgIpc) is 3.29. The van der Waals surface area contributed by atoms with Crippen LogP contribution in [0.25, 0.3) is 0 Å². The fraction of sp³-hybridized carbons (Fsp3) is 0.862. The zero-order valence-corrected chi connectivity index (χ0v) is 42.8. The van der Waals surface area contributed by atoms with E-state index in [1.54, 1.807) is 6.08 Å². The van der Waals surface area contributed by atoms with E-state index in [1.165, 1.54) is 218 Å². The minimum Gasteiger partial charge on any atom is -0.466 e. The molecule has 0 aromatic heterocycles. The highest BCUT2D eigenvalue weighted by Crippen LogP contribution is 2.15. The zero-order chi connectivity index (χ0) is 46.5. The Balaban J connectivity index is 3.44. The molecule has 0 aromatic carbocycles. The third-order valence-electron chi connectivity index (χ3n) is 12.9. The Kier molecular flexibility index (Phi) is 52.1. The Morgan fingerprint density at radius 1 is 0.422 bits per heavy atom. The van der Waals surface area contributed by atoms with Gasteiger partial charge >= 0.3 is 5.97 Å². The van der Waals surface area contributed by atoms with E-state index < -0.39 is 12.1 Å². The molecule has 2 unspecified atom stereocenters. The van der Waals surface area contributed by atoms with Gasteiger partial charge < -0.3 is 20.3 Å². The molecule has 0 heterocycles. The lowest BCUT2D eigenvalue weighted by Crippen LogP contribution is -2.45. The van der Waals surface area contributed by atoms with Crippen molar-refractivity contribution in [1.29, 1.82) is 0 Å². The van der Waals surface area contributed by atoms with Gasteiger partial charge in [-0.1, -0.05) is 237 Å². The van der Waals surface area contributed by atoms with E-state index in [4.69, 9.17) is 4.74 Å². The van der Waals surface area contributed by atoms with Crippen LogP contribution in [0.2, 0.25) is 0 Å². The van der Waals surface area contributed by atoms with E-state index in [2.05, 4.69) is 43.5 Å². The van der Waals surface area contributed by atoms with Crippen LogP contribution in [0.4, 0.5) is 0 Å². The van der Waals surface area contributed by atoms with Crippen LogP contribution in [-0.2, 0) is 14.3 Å². The molecular weight excluding hydrogens is 791 g/mol. The van der Waals surface area contributed by atoms with Gasteiger partial charge in [-0.2, -0.15) is 0 Å². The lowest BCUT2D eigenvalue weighted by molar-refractivity contribution is -0.143. The van der Waals surface area contributed by atoms with E-state index in [0.29, 0.717) is 19.4 Å². The molecule has 0 aliphatic carbocycles. The first-order valence-corrected chi connectivity index (χ1v) is 28.3. The number of ether oxygens (including phenoxy) is 1. The highest BCUT2D eigenvalue weighted by molar-refractivity contribution is 5.76. The number of esters is 1. The van der Waals surface area contributed by atoms with Gasteiger partial charge in [0.2, 0.25) is 5.91 Å². The summed E-state index contributed by atoms with van der Waals surface area (Å²) in [6, 6.07) is -0.632. The van der Waals surface area contributed by atoms with Crippen LogP contribution in [0.15, 0.2) is 36.5 Å². The molecule has 3 N–H and O–H groups in total. The minimum absolute atomic E-state index is 0.00142. The molecule has 0 bridgehead atoms. The van der Waals surface area contributed by atoms with Crippen LogP contribution in [0.1, 0.15) is 296 Å². The van der Waals surface area contributed by atoms with E-state index in [-0.39, 0.29) is 18.5 Å². The normalized spacial score (nSPS) is 12.9. The summed E-state index contributed by atoms with van der Waals surface area (Å²) in [6.07, 6.45) is 65.9. The van der Waals surface area contributed by atoms with Crippen molar-refractivity contribution in [2.24, 2.45) is 0 Å². The molecule has 0 radical (unpaired) electrons. The van der Waals surface area contributed by atoms with Gasteiger partial charge in [-0.15, -0.1) is 0 Å². The Hall–Kier alpha value is -1.92. The second-order valence-electron chi connectivity index (χ2n) is 19.3. The van der Waals surface area contributed by atoms with E-state index in [1.807, 2.05) is 6.08 Å². The minimum atomic E-state index is -0.848. The summed E-state index contributed by atoms with van der Waals surface area (Å²) < 4.78 is 5.47. The SMILES string of the molecule is CCCCCCC/C=C\CCCCCCCC(=O)OCCCCCCCCCCCC/C=C\CCCCCCCCCC(=O)NC(CO)C(O)/C=C/CCCCCCCCCCCC. The van der Waals surface area contributed by atoms with Crippen molar-refractivity contribution in [3.8, 4) is 0 Å². The number of allylic oxidation sites excluding steroid dienone is 5. The molecule has 0 aliphatic heterocycles. The molecule has 0 aliphatic rings. The highest BCUT2D eigenvalue weighted by atomic mass is 16.5. The Morgan fingerprint density at radius 3 is 1.11 bits per heavy atom. The highest BCUT2D eigenvalue weighted by Gasteiger charge is 2.18. The standard InChI is InChI=1S/C58H109NO5/c1-3-5-7-9-11-13-15-17-28-32-36-40-44-48-52-58(63)64-53-49-45-41-37-33-29-26-24-22-20-18-19-21-23-25-27-31-35-39-43-47-51-57(62)59-55(54-60)56(61)50-46-42-38-34-30-16-14-12-10-8-6-4-2/h15,17,19,21,46,50,55-56,60-61H,3-14,16,18,20,22-45,47-49,51-54H2,1-2H3,(H,59,62)/b17-15-,21-19-,50-46+. The zero-order valence-electron chi connectivity index (χ0n) is 42.8. The summed E-state index contributed by atoms with van der Waals surface area (Å²) in [5.41, 5.74) is 0. The third kappa shape index (κ3) is 49.5. The smallest absolute Gasteiger partial charge is 0.305 e. The van der Waals surface area contributed by atoms with E-state index in [9.17, 15) is 19.8 Å². The van der Waals surface area contributed by atoms with Crippen molar-refractivity contribution < 1.29 is 24.5 Å². The van der Waals surface area contributed by atoms with Crippen LogP contribution in [0.3, 0.4) is 0 Å². The molecule has 6 heteroatoms. The van der Waals surface area contributed by atoms with Crippen molar-refractivity contribution >= 4 is 11.9 Å². The molecule has 0 spiro atoms. The van der Waals surface area contributed by atoms with Crippen molar-refractivity contribution in [2.75, 3.05) is 13.2 Å². The predicted molar refractivity (Wildman–Crippen MR) is 278 cm³/mol. The molecule has 0 rings (SSSR count). The van der Waals surface area contributed by atoms with Gasteiger partial charge in [0, 0.05) is 12.8 Å². The second-order valence-corrected chi connectivity index (χ2v) is 19.3. The maximum absolute atomic E-state index is 12.4. The molecule has 0 aromatic rings. The number of carbonyl (C=O) groups excluding carboxylic acids is 2. The lowest BCUT2D eigenvalue weighted by atomic mass is 10.0. The van der Waals surface area contributed by atoms with Gasteiger partial charge in [-0.25, -0.2) is 0 Å². The number of nitrogens with one attached hydrogen (secondary N) is 1. The van der Waals surface area contributed by atoms with Crippen LogP contribution in [-0.4, -0.2) is 47.4 Å². The lowest BCUT2D eigenvalue weighted by Gasteiger charge is -2.20. The predicted octanol–water partition coefficient (Wildman–Crippen LogP) is 17.2. The number of unbranched alkanes of at least 4 members (excludes halogenated alkanes) is 37. The molecule has 64 heavy (non-hydrogen) atoms. The van der Waals surface area contributed by atoms with Gasteiger partial charge in [0.05, 0.1) is 25.4 Å². The Morgan fingerprint density at radius 2 is 0.734 bits per heavy atom. The molecule has 0 saturated carbocycles. The monoisotopic (exact) mass is 900 g/mol. The average molecular weight is 901 g/mol. The van der Waals surface area contributed by atoms with Gasteiger partial charge in [0.15, 0.2) is 0 Å². The van der Waals surface area contributed by atoms with Gasteiger partial charge in [-0.05, 0) is 83.5 Å². The van der Waals surface area contributed by atoms with Crippen molar-refractivity contribution in [2.45, 2.75) is 309 Å². The first kappa shape index (κ1) is 62.1. The fourth-order valence-electron chi connectivity index (χ4n) is 8.50. The first-order chi connectivity index (χ1) is 31.5. The number of rotatable bonds is 52. The number of hydrogen-bond acceptors (Lipinski definition) is 5. The Bertz CT molecular complexity index is 1040. The van der Waals surface area contributed by atoms with Gasteiger partial charge in [-0.3, -0.25) is 9.59 Å². The largest absolute Gasteiger partial charge is 0.466 e. The number of hydrogen-bond donors (Lipinski definition) is 3. The molecular formula is C58H109NO5. The summed E-state index contributed by atoms with van der Waals surface area (Å²) in [5, 5.41) is 23.0.